The minimum atomic E-state index is 0.0278. The standard InChI is InChI=1S/C17H17N7O2/c25-13-10-23(8-9-24(13)12-4-2-1-3-5-12)17-16(18-11-6-7-11)19-14-15(20-17)22-26-21-14/h1-5,11H,6-10H2,(H,18,19,21). The lowest BCUT2D eigenvalue weighted by molar-refractivity contribution is -0.117. The van der Waals surface area contributed by atoms with Gasteiger partial charge >= 0.3 is 0 Å². The fraction of sp³-hybridized carbons (Fsp3) is 0.353. The summed E-state index contributed by atoms with van der Waals surface area (Å²) in [6.45, 7) is 1.48. The highest BCUT2D eigenvalue weighted by Gasteiger charge is 2.30. The van der Waals surface area contributed by atoms with E-state index in [0.717, 1.165) is 18.5 Å². The molecule has 1 aliphatic heterocycles. The molecule has 132 valence electrons. The van der Waals surface area contributed by atoms with Crippen LogP contribution in [-0.2, 0) is 4.79 Å². The van der Waals surface area contributed by atoms with Crippen molar-refractivity contribution in [3.8, 4) is 0 Å². The monoisotopic (exact) mass is 351 g/mol. The number of fused-ring (bicyclic) bond motifs is 1. The van der Waals surface area contributed by atoms with E-state index < -0.39 is 0 Å². The molecule has 2 fully saturated rings. The van der Waals surface area contributed by atoms with Crippen molar-refractivity contribution >= 4 is 34.5 Å². The number of benzene rings is 1. The molecule has 0 unspecified atom stereocenters. The molecular weight excluding hydrogens is 334 g/mol. The molecule has 1 aromatic carbocycles. The van der Waals surface area contributed by atoms with Gasteiger partial charge in [-0.05, 0) is 35.3 Å². The molecule has 0 spiro atoms. The van der Waals surface area contributed by atoms with Crippen molar-refractivity contribution in [2.24, 2.45) is 0 Å². The summed E-state index contributed by atoms with van der Waals surface area (Å²) in [5, 5.41) is 10.9. The Hall–Kier alpha value is -3.23. The average molecular weight is 351 g/mol. The summed E-state index contributed by atoms with van der Waals surface area (Å²) in [5.41, 5.74) is 1.63. The Balaban J connectivity index is 1.44. The van der Waals surface area contributed by atoms with Gasteiger partial charge in [0.25, 0.3) is 0 Å². The van der Waals surface area contributed by atoms with Gasteiger partial charge in [0, 0.05) is 24.8 Å². The Labute approximate surface area is 149 Å². The van der Waals surface area contributed by atoms with E-state index in [0.29, 0.717) is 42.1 Å². The van der Waals surface area contributed by atoms with Crippen molar-refractivity contribution in [2.75, 3.05) is 34.8 Å². The van der Waals surface area contributed by atoms with Crippen LogP contribution >= 0.6 is 0 Å². The van der Waals surface area contributed by atoms with Crippen molar-refractivity contribution in [1.82, 2.24) is 20.3 Å². The molecule has 0 atom stereocenters. The largest absolute Gasteiger partial charge is 0.364 e. The lowest BCUT2D eigenvalue weighted by Gasteiger charge is -2.35. The molecule has 0 bridgehead atoms. The normalized spacial score (nSPS) is 17.8. The second-order valence-corrected chi connectivity index (χ2v) is 6.53. The van der Waals surface area contributed by atoms with Crippen LogP contribution in [0.3, 0.4) is 0 Å². The van der Waals surface area contributed by atoms with Gasteiger partial charge in [-0.3, -0.25) is 4.79 Å². The van der Waals surface area contributed by atoms with Crippen LogP contribution < -0.4 is 15.1 Å². The second kappa shape index (κ2) is 5.94. The molecule has 1 saturated heterocycles. The number of nitrogens with zero attached hydrogens (tertiary/aromatic N) is 6. The van der Waals surface area contributed by atoms with Crippen molar-refractivity contribution in [2.45, 2.75) is 18.9 Å². The Morgan fingerprint density at radius 1 is 1.04 bits per heavy atom. The van der Waals surface area contributed by atoms with Crippen LogP contribution in [0.25, 0.3) is 11.3 Å². The lowest BCUT2D eigenvalue weighted by atomic mass is 10.2. The number of aromatic nitrogens is 4. The molecule has 3 aromatic rings. The smallest absolute Gasteiger partial charge is 0.246 e. The number of piperazine rings is 1. The molecular formula is C17H17N7O2. The number of para-hydroxylation sites is 1. The molecule has 2 aliphatic rings. The third-order valence-corrected chi connectivity index (χ3v) is 4.60. The molecule has 3 heterocycles. The molecule has 26 heavy (non-hydrogen) atoms. The predicted molar refractivity (Wildman–Crippen MR) is 95.0 cm³/mol. The number of carbonyl (C=O) groups excluding carboxylic acids is 1. The van der Waals surface area contributed by atoms with Gasteiger partial charge in [0.05, 0.1) is 6.54 Å². The number of amides is 1. The molecule has 1 saturated carbocycles. The Bertz CT molecular complexity index is 954. The third-order valence-electron chi connectivity index (χ3n) is 4.60. The first-order valence-corrected chi connectivity index (χ1v) is 8.65. The number of hydrogen-bond acceptors (Lipinski definition) is 8. The zero-order chi connectivity index (χ0) is 17.5. The highest BCUT2D eigenvalue weighted by Crippen LogP contribution is 2.31. The predicted octanol–water partition coefficient (Wildman–Crippen LogP) is 1.44. The molecule has 9 nitrogen and oxygen atoms in total. The first-order chi connectivity index (χ1) is 12.8. The summed E-state index contributed by atoms with van der Waals surface area (Å²) in [5.74, 6) is 1.29. The maximum Gasteiger partial charge on any atom is 0.246 e. The highest BCUT2D eigenvalue weighted by molar-refractivity contribution is 5.98. The van der Waals surface area contributed by atoms with Gasteiger partial charge < -0.3 is 15.1 Å². The number of carbonyl (C=O) groups is 1. The summed E-state index contributed by atoms with van der Waals surface area (Å²) < 4.78 is 4.73. The lowest BCUT2D eigenvalue weighted by Crippen LogP contribution is -2.51. The minimum absolute atomic E-state index is 0.0278. The number of rotatable bonds is 4. The molecule has 9 heteroatoms. The highest BCUT2D eigenvalue weighted by atomic mass is 16.6. The molecule has 5 rings (SSSR count). The van der Waals surface area contributed by atoms with Crippen LogP contribution in [0.15, 0.2) is 35.0 Å². The Kier molecular flexibility index (Phi) is 3.44. The van der Waals surface area contributed by atoms with Crippen molar-refractivity contribution in [3.63, 3.8) is 0 Å². The van der Waals surface area contributed by atoms with Gasteiger partial charge in [-0.25, -0.2) is 14.6 Å². The molecule has 2 aromatic heterocycles. The first-order valence-electron chi connectivity index (χ1n) is 8.65. The molecule has 1 N–H and O–H groups in total. The fourth-order valence-electron chi connectivity index (χ4n) is 3.10. The topological polar surface area (TPSA) is 100 Å². The van der Waals surface area contributed by atoms with Crippen molar-refractivity contribution < 1.29 is 9.42 Å². The second-order valence-electron chi connectivity index (χ2n) is 6.53. The van der Waals surface area contributed by atoms with E-state index in [4.69, 9.17) is 4.63 Å². The maximum absolute atomic E-state index is 12.7. The van der Waals surface area contributed by atoms with E-state index in [1.807, 2.05) is 35.2 Å². The first kappa shape index (κ1) is 15.1. The summed E-state index contributed by atoms with van der Waals surface area (Å²) in [7, 11) is 0. The summed E-state index contributed by atoms with van der Waals surface area (Å²) in [4.78, 5) is 25.5. The summed E-state index contributed by atoms with van der Waals surface area (Å²) >= 11 is 0. The van der Waals surface area contributed by atoms with E-state index in [-0.39, 0.29) is 12.5 Å². The molecule has 1 amide bonds. The van der Waals surface area contributed by atoms with Crippen LogP contribution in [0.1, 0.15) is 12.8 Å². The quantitative estimate of drug-likeness (QED) is 0.754. The van der Waals surface area contributed by atoms with Crippen molar-refractivity contribution in [3.05, 3.63) is 30.3 Å². The number of hydrogen-bond donors (Lipinski definition) is 1. The number of anilines is 3. The molecule has 0 radical (unpaired) electrons. The van der Waals surface area contributed by atoms with Crippen LogP contribution in [0.4, 0.5) is 17.3 Å². The maximum atomic E-state index is 12.7. The van der Waals surface area contributed by atoms with E-state index in [2.05, 4.69) is 25.6 Å². The van der Waals surface area contributed by atoms with Crippen LogP contribution in [0.2, 0.25) is 0 Å². The van der Waals surface area contributed by atoms with E-state index >= 15 is 0 Å². The van der Waals surface area contributed by atoms with Crippen LogP contribution in [0, 0.1) is 0 Å². The Morgan fingerprint density at radius 3 is 2.54 bits per heavy atom. The fourth-order valence-corrected chi connectivity index (χ4v) is 3.10. The summed E-state index contributed by atoms with van der Waals surface area (Å²) in [6.07, 6.45) is 2.22. The van der Waals surface area contributed by atoms with Gasteiger partial charge in [0.15, 0.2) is 11.6 Å². The van der Waals surface area contributed by atoms with E-state index in [1.54, 1.807) is 4.90 Å². The summed E-state index contributed by atoms with van der Waals surface area (Å²) in [6, 6.07) is 10.1. The van der Waals surface area contributed by atoms with E-state index in [9.17, 15) is 4.79 Å². The van der Waals surface area contributed by atoms with E-state index in [1.165, 1.54) is 0 Å². The van der Waals surface area contributed by atoms with Crippen LogP contribution in [0.5, 0.6) is 0 Å². The zero-order valence-electron chi connectivity index (χ0n) is 14.0. The molecule has 1 aliphatic carbocycles. The third kappa shape index (κ3) is 2.71. The van der Waals surface area contributed by atoms with Gasteiger partial charge in [-0.15, -0.1) is 0 Å². The van der Waals surface area contributed by atoms with Gasteiger partial charge in [0.1, 0.15) is 0 Å². The van der Waals surface area contributed by atoms with Crippen LogP contribution in [-0.4, -0.2) is 51.9 Å². The Morgan fingerprint density at radius 2 is 1.81 bits per heavy atom. The van der Waals surface area contributed by atoms with Crippen molar-refractivity contribution in [1.29, 1.82) is 0 Å². The van der Waals surface area contributed by atoms with Gasteiger partial charge in [-0.1, -0.05) is 18.2 Å². The minimum Gasteiger partial charge on any atom is -0.364 e. The SMILES string of the molecule is O=C1CN(c2nc3nonc3nc2NC2CC2)CCN1c1ccccc1. The van der Waals surface area contributed by atoms with Gasteiger partial charge in [-0.2, -0.15) is 0 Å². The average Bonchev–Trinajstić information content (AvgIpc) is 3.36. The number of nitrogens with one attached hydrogen (secondary N) is 1. The zero-order valence-corrected chi connectivity index (χ0v) is 14.0. The van der Waals surface area contributed by atoms with Gasteiger partial charge in [0.2, 0.25) is 17.2 Å².